The lowest BCUT2D eigenvalue weighted by atomic mass is 9.96. The minimum Gasteiger partial charge on any atom is -0.480 e. The number of nitrogens with zero attached hydrogens (tertiary/aromatic N) is 1. The van der Waals surface area contributed by atoms with Gasteiger partial charge in [0.1, 0.15) is 5.54 Å². The number of aliphatic carboxylic acids is 1. The molecule has 0 aliphatic carbocycles. The van der Waals surface area contributed by atoms with E-state index in [1.807, 2.05) is 19.1 Å². The van der Waals surface area contributed by atoms with Crippen molar-refractivity contribution >= 4 is 17.7 Å². The molecule has 1 heterocycles. The van der Waals surface area contributed by atoms with Gasteiger partial charge in [-0.05, 0) is 44.2 Å². The molecule has 1 aromatic heterocycles. The van der Waals surface area contributed by atoms with Gasteiger partial charge in [-0.2, -0.15) is 0 Å². The van der Waals surface area contributed by atoms with Crippen LogP contribution in [-0.2, 0) is 4.79 Å². The Hall–Kier alpha value is -1.07. The summed E-state index contributed by atoms with van der Waals surface area (Å²) in [6, 6.07) is 3.93. The van der Waals surface area contributed by atoms with E-state index in [0.29, 0.717) is 13.0 Å². The molecule has 18 heavy (non-hydrogen) atoms. The molecule has 0 bridgehead atoms. The molecule has 1 unspecified atom stereocenters. The molecule has 100 valence electrons. The fourth-order valence-electron chi connectivity index (χ4n) is 1.71. The smallest absolute Gasteiger partial charge is 0.323 e. The maximum Gasteiger partial charge on any atom is 0.323 e. The van der Waals surface area contributed by atoms with Crippen molar-refractivity contribution in [3.63, 3.8) is 0 Å². The Bertz CT molecular complexity index is 373. The molecule has 1 rings (SSSR count). The van der Waals surface area contributed by atoms with Crippen LogP contribution >= 0.6 is 11.8 Å². The zero-order valence-corrected chi connectivity index (χ0v) is 11.7. The fourth-order valence-corrected chi connectivity index (χ4v) is 2.55. The summed E-state index contributed by atoms with van der Waals surface area (Å²) in [7, 11) is 0. The van der Waals surface area contributed by atoms with Crippen LogP contribution in [0.2, 0.25) is 0 Å². The Balaban J connectivity index is 2.34. The summed E-state index contributed by atoms with van der Waals surface area (Å²) in [4.78, 5) is 16.3. The van der Waals surface area contributed by atoms with Crippen molar-refractivity contribution in [1.82, 2.24) is 10.3 Å². The van der Waals surface area contributed by atoms with Crippen molar-refractivity contribution in [2.75, 3.05) is 12.3 Å². The van der Waals surface area contributed by atoms with Crippen LogP contribution in [0.1, 0.15) is 26.7 Å². The van der Waals surface area contributed by atoms with Crippen molar-refractivity contribution in [3.8, 4) is 0 Å². The number of rotatable bonds is 8. The minimum absolute atomic E-state index is 0.633. The zero-order chi connectivity index (χ0) is 13.4. The first-order valence-electron chi connectivity index (χ1n) is 6.10. The molecule has 0 saturated carbocycles. The third kappa shape index (κ3) is 4.66. The second kappa shape index (κ2) is 7.38. The third-order valence-electron chi connectivity index (χ3n) is 2.78. The van der Waals surface area contributed by atoms with Gasteiger partial charge in [-0.25, -0.2) is 0 Å². The lowest BCUT2D eigenvalue weighted by Gasteiger charge is -2.25. The van der Waals surface area contributed by atoms with E-state index in [1.165, 1.54) is 4.90 Å². The van der Waals surface area contributed by atoms with Gasteiger partial charge in [-0.3, -0.25) is 9.78 Å². The topological polar surface area (TPSA) is 62.2 Å². The van der Waals surface area contributed by atoms with E-state index in [9.17, 15) is 9.90 Å². The number of carboxylic acid groups (broad SMARTS) is 1. The first-order chi connectivity index (χ1) is 8.58. The standard InChI is InChI=1S/C13H20N2O2S/c1-3-15-13(2,12(16)17)7-4-10-18-11-5-8-14-9-6-11/h5-6,8-9,15H,3-4,7,10H2,1-2H3,(H,16,17). The van der Waals surface area contributed by atoms with E-state index in [2.05, 4.69) is 10.3 Å². The fraction of sp³-hybridized carbons (Fsp3) is 0.538. The molecule has 0 radical (unpaired) electrons. The molecule has 0 aliphatic heterocycles. The predicted octanol–water partition coefficient (Wildman–Crippen LogP) is 2.41. The maximum absolute atomic E-state index is 11.2. The van der Waals surface area contributed by atoms with Crippen LogP contribution in [0.5, 0.6) is 0 Å². The maximum atomic E-state index is 11.2. The molecule has 1 atom stereocenters. The Morgan fingerprint density at radius 1 is 1.50 bits per heavy atom. The third-order valence-corrected chi connectivity index (χ3v) is 3.88. The van der Waals surface area contributed by atoms with Gasteiger partial charge in [0.25, 0.3) is 0 Å². The molecule has 1 aromatic rings. The zero-order valence-electron chi connectivity index (χ0n) is 10.8. The Morgan fingerprint density at radius 2 is 2.17 bits per heavy atom. The van der Waals surface area contributed by atoms with Crippen LogP contribution in [0, 0.1) is 0 Å². The van der Waals surface area contributed by atoms with Crippen LogP contribution in [0.25, 0.3) is 0 Å². The monoisotopic (exact) mass is 268 g/mol. The van der Waals surface area contributed by atoms with Crippen LogP contribution in [-0.4, -0.2) is 33.9 Å². The molecule has 2 N–H and O–H groups in total. The second-order valence-corrected chi connectivity index (χ2v) is 5.47. The molecule has 0 aromatic carbocycles. The number of hydrogen-bond acceptors (Lipinski definition) is 4. The number of thioether (sulfide) groups is 1. The molecule has 4 nitrogen and oxygen atoms in total. The van der Waals surface area contributed by atoms with Gasteiger partial charge >= 0.3 is 5.97 Å². The van der Waals surface area contributed by atoms with Gasteiger partial charge in [-0.1, -0.05) is 6.92 Å². The summed E-state index contributed by atoms with van der Waals surface area (Å²) in [5.74, 6) is 0.136. The highest BCUT2D eigenvalue weighted by Gasteiger charge is 2.30. The highest BCUT2D eigenvalue weighted by molar-refractivity contribution is 7.99. The van der Waals surface area contributed by atoms with E-state index in [0.717, 1.165) is 12.2 Å². The van der Waals surface area contributed by atoms with Crippen molar-refractivity contribution in [1.29, 1.82) is 0 Å². The molecule has 0 saturated heterocycles. The van der Waals surface area contributed by atoms with Gasteiger partial charge in [0.15, 0.2) is 0 Å². The largest absolute Gasteiger partial charge is 0.480 e. The second-order valence-electron chi connectivity index (χ2n) is 4.30. The molecule has 0 amide bonds. The van der Waals surface area contributed by atoms with E-state index < -0.39 is 11.5 Å². The van der Waals surface area contributed by atoms with E-state index in [4.69, 9.17) is 0 Å². The summed E-state index contributed by atoms with van der Waals surface area (Å²) in [5, 5.41) is 12.2. The molecular formula is C13H20N2O2S. The van der Waals surface area contributed by atoms with Crippen LogP contribution in [0.15, 0.2) is 29.4 Å². The van der Waals surface area contributed by atoms with Crippen LogP contribution < -0.4 is 5.32 Å². The van der Waals surface area contributed by atoms with Crippen molar-refractivity contribution < 1.29 is 9.90 Å². The van der Waals surface area contributed by atoms with Crippen molar-refractivity contribution in [2.24, 2.45) is 0 Å². The minimum atomic E-state index is -0.812. The first-order valence-corrected chi connectivity index (χ1v) is 7.08. The molecule has 0 fully saturated rings. The summed E-state index contributed by atoms with van der Waals surface area (Å²) in [6.07, 6.45) is 5.03. The normalized spacial score (nSPS) is 14.1. The Labute approximate surface area is 112 Å². The summed E-state index contributed by atoms with van der Waals surface area (Å²) in [5.41, 5.74) is -0.812. The SMILES string of the molecule is CCNC(C)(CCCSc1ccncc1)C(=O)O. The van der Waals surface area contributed by atoms with Crippen molar-refractivity contribution in [2.45, 2.75) is 37.1 Å². The number of hydrogen-bond donors (Lipinski definition) is 2. The van der Waals surface area contributed by atoms with Crippen molar-refractivity contribution in [3.05, 3.63) is 24.5 Å². The average Bonchev–Trinajstić information content (AvgIpc) is 2.36. The lowest BCUT2D eigenvalue weighted by Crippen LogP contribution is -2.49. The Morgan fingerprint density at radius 3 is 2.72 bits per heavy atom. The predicted molar refractivity (Wildman–Crippen MR) is 73.9 cm³/mol. The number of nitrogens with one attached hydrogen (secondary N) is 1. The quantitative estimate of drug-likeness (QED) is 0.560. The van der Waals surface area contributed by atoms with Gasteiger partial charge in [-0.15, -0.1) is 11.8 Å². The number of carbonyl (C=O) groups is 1. The number of likely N-dealkylation sites (N-methyl/N-ethyl adjacent to an activating group) is 1. The molecule has 0 spiro atoms. The summed E-state index contributed by atoms with van der Waals surface area (Å²) >= 11 is 1.73. The number of pyridine rings is 1. The molecule has 0 aliphatic rings. The Kier molecular flexibility index (Phi) is 6.15. The number of aromatic nitrogens is 1. The molecule has 5 heteroatoms. The highest BCUT2D eigenvalue weighted by Crippen LogP contribution is 2.20. The first kappa shape index (κ1) is 15.0. The van der Waals surface area contributed by atoms with E-state index >= 15 is 0 Å². The van der Waals surface area contributed by atoms with E-state index in [-0.39, 0.29) is 0 Å². The number of carboxylic acids is 1. The summed E-state index contributed by atoms with van der Waals surface area (Å²) in [6.45, 7) is 4.34. The molecular weight excluding hydrogens is 248 g/mol. The average molecular weight is 268 g/mol. The summed E-state index contributed by atoms with van der Waals surface area (Å²) < 4.78 is 0. The van der Waals surface area contributed by atoms with Gasteiger partial charge < -0.3 is 10.4 Å². The van der Waals surface area contributed by atoms with Gasteiger partial charge in [0.05, 0.1) is 0 Å². The van der Waals surface area contributed by atoms with Crippen LogP contribution in [0.4, 0.5) is 0 Å². The van der Waals surface area contributed by atoms with E-state index in [1.54, 1.807) is 31.1 Å². The van der Waals surface area contributed by atoms with Gasteiger partial charge in [0.2, 0.25) is 0 Å². The van der Waals surface area contributed by atoms with Gasteiger partial charge in [0, 0.05) is 17.3 Å². The van der Waals surface area contributed by atoms with Crippen LogP contribution in [0.3, 0.4) is 0 Å². The highest BCUT2D eigenvalue weighted by atomic mass is 32.2. The lowest BCUT2D eigenvalue weighted by molar-refractivity contribution is -0.144.